The fourth-order valence-electron chi connectivity index (χ4n) is 1.36. The van der Waals surface area contributed by atoms with Crippen molar-refractivity contribution in [1.29, 1.82) is 0 Å². The van der Waals surface area contributed by atoms with Crippen molar-refractivity contribution in [3.05, 3.63) is 0 Å². The van der Waals surface area contributed by atoms with E-state index in [9.17, 15) is 4.79 Å². The summed E-state index contributed by atoms with van der Waals surface area (Å²) in [6.07, 6.45) is 1.93. The highest BCUT2D eigenvalue weighted by molar-refractivity contribution is 5.78. The second-order valence-electron chi connectivity index (χ2n) is 3.15. The molecular weight excluding hydrogens is 126 g/mol. The van der Waals surface area contributed by atoms with Gasteiger partial charge in [0.1, 0.15) is 0 Å². The van der Waals surface area contributed by atoms with Crippen molar-refractivity contribution in [1.82, 2.24) is 5.32 Å². The molecule has 1 N–H and O–H groups in total. The summed E-state index contributed by atoms with van der Waals surface area (Å²) in [5.41, 5.74) is 0. The van der Waals surface area contributed by atoms with E-state index >= 15 is 0 Å². The molecule has 1 heterocycles. The minimum absolute atomic E-state index is 0.227. The number of rotatable bonds is 2. The standard InChI is InChI=1S/C8H15NO/c1-3-6(2)7-4-8(10)9-5-7/h6-7H,3-5H2,1-2H3,(H,9,10). The number of carbonyl (C=O) groups is 1. The zero-order valence-electron chi connectivity index (χ0n) is 6.68. The zero-order chi connectivity index (χ0) is 7.56. The number of hydrogen-bond acceptors (Lipinski definition) is 1. The van der Waals surface area contributed by atoms with E-state index in [-0.39, 0.29) is 5.91 Å². The Morgan fingerprint density at radius 1 is 1.80 bits per heavy atom. The fourth-order valence-corrected chi connectivity index (χ4v) is 1.36. The minimum Gasteiger partial charge on any atom is -0.356 e. The van der Waals surface area contributed by atoms with Gasteiger partial charge in [-0.3, -0.25) is 4.79 Å². The molecule has 0 radical (unpaired) electrons. The lowest BCUT2D eigenvalue weighted by Crippen LogP contribution is -2.16. The van der Waals surface area contributed by atoms with Crippen LogP contribution in [0.25, 0.3) is 0 Å². The van der Waals surface area contributed by atoms with E-state index in [0.29, 0.717) is 11.8 Å². The molecule has 0 spiro atoms. The van der Waals surface area contributed by atoms with Crippen LogP contribution in [0.2, 0.25) is 0 Å². The summed E-state index contributed by atoms with van der Waals surface area (Å²) in [6.45, 7) is 5.28. The number of nitrogens with one attached hydrogen (secondary N) is 1. The fraction of sp³-hybridized carbons (Fsp3) is 0.875. The Morgan fingerprint density at radius 3 is 2.90 bits per heavy atom. The number of amides is 1. The molecule has 10 heavy (non-hydrogen) atoms. The van der Waals surface area contributed by atoms with Crippen molar-refractivity contribution in [2.24, 2.45) is 11.8 Å². The topological polar surface area (TPSA) is 29.1 Å². The van der Waals surface area contributed by atoms with Gasteiger partial charge in [-0.05, 0) is 11.8 Å². The molecular formula is C8H15NO. The van der Waals surface area contributed by atoms with Gasteiger partial charge in [0.05, 0.1) is 0 Å². The van der Waals surface area contributed by atoms with Crippen LogP contribution < -0.4 is 5.32 Å². The van der Waals surface area contributed by atoms with Gasteiger partial charge in [-0.2, -0.15) is 0 Å². The molecule has 0 aromatic carbocycles. The minimum atomic E-state index is 0.227. The molecule has 0 saturated carbocycles. The summed E-state index contributed by atoms with van der Waals surface area (Å²) in [5.74, 6) is 1.52. The summed E-state index contributed by atoms with van der Waals surface area (Å²) in [4.78, 5) is 10.8. The monoisotopic (exact) mass is 141 g/mol. The maximum atomic E-state index is 10.8. The SMILES string of the molecule is CCC(C)C1CNC(=O)C1. The summed E-state index contributed by atoms with van der Waals surface area (Å²) >= 11 is 0. The molecule has 0 aromatic heterocycles. The third-order valence-electron chi connectivity index (χ3n) is 2.46. The normalized spacial score (nSPS) is 28.2. The van der Waals surface area contributed by atoms with Crippen LogP contribution in [0.1, 0.15) is 26.7 Å². The molecule has 0 bridgehead atoms. The first kappa shape index (κ1) is 7.58. The average Bonchev–Trinajstić information content (AvgIpc) is 2.34. The Kier molecular flexibility index (Phi) is 2.30. The average molecular weight is 141 g/mol. The molecule has 0 aliphatic carbocycles. The second kappa shape index (κ2) is 3.04. The first-order valence-electron chi connectivity index (χ1n) is 4.00. The van der Waals surface area contributed by atoms with Gasteiger partial charge in [0.15, 0.2) is 0 Å². The highest BCUT2D eigenvalue weighted by atomic mass is 16.1. The van der Waals surface area contributed by atoms with Crippen LogP contribution in [0.15, 0.2) is 0 Å². The predicted octanol–water partition coefficient (Wildman–Crippen LogP) is 1.17. The van der Waals surface area contributed by atoms with E-state index in [0.717, 1.165) is 13.0 Å². The first-order valence-corrected chi connectivity index (χ1v) is 4.00. The van der Waals surface area contributed by atoms with Gasteiger partial charge in [-0.15, -0.1) is 0 Å². The molecule has 1 rings (SSSR count). The van der Waals surface area contributed by atoms with Crippen molar-refractivity contribution in [3.8, 4) is 0 Å². The van der Waals surface area contributed by atoms with Crippen LogP contribution in [0.4, 0.5) is 0 Å². The quantitative estimate of drug-likeness (QED) is 0.614. The van der Waals surface area contributed by atoms with E-state index in [4.69, 9.17) is 0 Å². The third kappa shape index (κ3) is 1.49. The molecule has 2 unspecified atom stereocenters. The van der Waals surface area contributed by atoms with Crippen molar-refractivity contribution in [3.63, 3.8) is 0 Å². The number of hydrogen-bond donors (Lipinski definition) is 1. The van der Waals surface area contributed by atoms with Crippen LogP contribution in [0.3, 0.4) is 0 Å². The molecule has 0 aromatic rings. The summed E-state index contributed by atoms with van der Waals surface area (Å²) in [6, 6.07) is 0. The van der Waals surface area contributed by atoms with Crippen molar-refractivity contribution in [2.45, 2.75) is 26.7 Å². The highest BCUT2D eigenvalue weighted by Gasteiger charge is 2.24. The lowest BCUT2D eigenvalue weighted by Gasteiger charge is -2.13. The number of carbonyl (C=O) groups excluding carboxylic acids is 1. The Bertz CT molecular complexity index is 133. The lowest BCUT2D eigenvalue weighted by atomic mass is 9.91. The van der Waals surface area contributed by atoms with Crippen LogP contribution in [-0.4, -0.2) is 12.5 Å². The Hall–Kier alpha value is -0.530. The molecule has 1 aliphatic rings. The van der Waals surface area contributed by atoms with Gasteiger partial charge in [0, 0.05) is 13.0 Å². The predicted molar refractivity (Wildman–Crippen MR) is 40.6 cm³/mol. The van der Waals surface area contributed by atoms with E-state index in [1.54, 1.807) is 0 Å². The molecule has 1 fully saturated rings. The first-order chi connectivity index (χ1) is 4.74. The summed E-state index contributed by atoms with van der Waals surface area (Å²) in [5, 5.41) is 2.85. The van der Waals surface area contributed by atoms with Crippen molar-refractivity contribution >= 4 is 5.91 Å². The van der Waals surface area contributed by atoms with Crippen LogP contribution in [0.5, 0.6) is 0 Å². The molecule has 1 saturated heterocycles. The molecule has 2 heteroatoms. The zero-order valence-corrected chi connectivity index (χ0v) is 6.68. The Labute approximate surface area is 62.0 Å². The van der Waals surface area contributed by atoms with Gasteiger partial charge < -0.3 is 5.32 Å². The van der Waals surface area contributed by atoms with E-state index in [2.05, 4.69) is 19.2 Å². The summed E-state index contributed by atoms with van der Waals surface area (Å²) in [7, 11) is 0. The maximum absolute atomic E-state index is 10.8. The Balaban J connectivity index is 2.36. The second-order valence-corrected chi connectivity index (χ2v) is 3.15. The van der Waals surface area contributed by atoms with Crippen LogP contribution in [-0.2, 0) is 4.79 Å². The van der Waals surface area contributed by atoms with Gasteiger partial charge in [0.2, 0.25) is 5.91 Å². The van der Waals surface area contributed by atoms with Crippen molar-refractivity contribution < 1.29 is 4.79 Å². The van der Waals surface area contributed by atoms with Gasteiger partial charge in [-0.25, -0.2) is 0 Å². The van der Waals surface area contributed by atoms with E-state index < -0.39 is 0 Å². The van der Waals surface area contributed by atoms with Gasteiger partial charge >= 0.3 is 0 Å². The van der Waals surface area contributed by atoms with Crippen LogP contribution in [0, 0.1) is 11.8 Å². The Morgan fingerprint density at radius 2 is 2.50 bits per heavy atom. The largest absolute Gasteiger partial charge is 0.356 e. The highest BCUT2D eigenvalue weighted by Crippen LogP contribution is 2.21. The maximum Gasteiger partial charge on any atom is 0.220 e. The summed E-state index contributed by atoms with van der Waals surface area (Å²) < 4.78 is 0. The molecule has 1 aliphatic heterocycles. The molecule has 2 atom stereocenters. The van der Waals surface area contributed by atoms with E-state index in [1.807, 2.05) is 0 Å². The van der Waals surface area contributed by atoms with Crippen molar-refractivity contribution in [2.75, 3.05) is 6.54 Å². The van der Waals surface area contributed by atoms with Gasteiger partial charge in [0.25, 0.3) is 0 Å². The molecule has 1 amide bonds. The van der Waals surface area contributed by atoms with Gasteiger partial charge in [-0.1, -0.05) is 20.3 Å². The van der Waals surface area contributed by atoms with E-state index in [1.165, 1.54) is 6.42 Å². The molecule has 2 nitrogen and oxygen atoms in total. The van der Waals surface area contributed by atoms with Crippen LogP contribution >= 0.6 is 0 Å². The smallest absolute Gasteiger partial charge is 0.220 e. The third-order valence-corrected chi connectivity index (χ3v) is 2.46. The lowest BCUT2D eigenvalue weighted by molar-refractivity contribution is -0.119. The molecule has 58 valence electrons.